The van der Waals surface area contributed by atoms with Crippen LogP contribution in [0.2, 0.25) is 0 Å². The van der Waals surface area contributed by atoms with E-state index < -0.39 is 5.91 Å². The van der Waals surface area contributed by atoms with E-state index in [1.165, 1.54) is 7.11 Å². The largest absolute Gasteiger partial charge is 0.493 e. The van der Waals surface area contributed by atoms with Crippen LogP contribution in [0.1, 0.15) is 31.4 Å². The number of aryl methyl sites for hydroxylation is 2. The van der Waals surface area contributed by atoms with Gasteiger partial charge in [-0.3, -0.25) is 9.59 Å². The molecule has 0 heterocycles. The van der Waals surface area contributed by atoms with Gasteiger partial charge in [-0.15, -0.1) is 0 Å². The monoisotopic (exact) mass is 370 g/mol. The smallest absolute Gasteiger partial charge is 0.233 e. The van der Waals surface area contributed by atoms with Crippen molar-refractivity contribution in [3.8, 4) is 11.5 Å². The number of ether oxygens (including phenoxy) is 2. The SMILES string of the molecule is CCc1cccc(CC)c1NC(=O)CC(=O)Nc1ccc(OC)c(OC)c1. The van der Waals surface area contributed by atoms with Gasteiger partial charge in [0.05, 0.1) is 14.2 Å². The third-order valence-electron chi connectivity index (χ3n) is 4.25. The molecule has 0 spiro atoms. The third kappa shape index (κ3) is 5.23. The Hall–Kier alpha value is -3.02. The van der Waals surface area contributed by atoms with Crippen LogP contribution < -0.4 is 20.1 Å². The van der Waals surface area contributed by atoms with Gasteiger partial charge in [0.2, 0.25) is 11.8 Å². The number of carbonyl (C=O) groups is 2. The Kier molecular flexibility index (Phi) is 7.23. The Morgan fingerprint density at radius 2 is 1.44 bits per heavy atom. The van der Waals surface area contributed by atoms with Gasteiger partial charge in [0.15, 0.2) is 11.5 Å². The first-order valence-electron chi connectivity index (χ1n) is 8.94. The summed E-state index contributed by atoms with van der Waals surface area (Å²) in [4.78, 5) is 24.6. The molecule has 2 aromatic rings. The minimum atomic E-state index is -0.397. The highest BCUT2D eigenvalue weighted by Gasteiger charge is 2.14. The van der Waals surface area contributed by atoms with E-state index in [4.69, 9.17) is 9.47 Å². The summed E-state index contributed by atoms with van der Waals surface area (Å²) in [5.41, 5.74) is 3.46. The first-order chi connectivity index (χ1) is 13.0. The van der Waals surface area contributed by atoms with Crippen LogP contribution in [0, 0.1) is 0 Å². The molecular formula is C21H26N2O4. The topological polar surface area (TPSA) is 76.7 Å². The number of carbonyl (C=O) groups excluding carboxylic acids is 2. The van der Waals surface area contributed by atoms with Gasteiger partial charge in [-0.2, -0.15) is 0 Å². The van der Waals surface area contributed by atoms with Gasteiger partial charge in [-0.1, -0.05) is 32.0 Å². The molecule has 144 valence electrons. The number of amides is 2. The van der Waals surface area contributed by atoms with Crippen molar-refractivity contribution in [1.29, 1.82) is 0 Å². The zero-order valence-electron chi connectivity index (χ0n) is 16.2. The van der Waals surface area contributed by atoms with Gasteiger partial charge in [0, 0.05) is 17.4 Å². The third-order valence-corrected chi connectivity index (χ3v) is 4.25. The summed E-state index contributed by atoms with van der Waals surface area (Å²) in [6, 6.07) is 11.0. The molecule has 0 saturated carbocycles. The highest BCUT2D eigenvalue weighted by Crippen LogP contribution is 2.29. The Morgan fingerprint density at radius 3 is 2.00 bits per heavy atom. The van der Waals surface area contributed by atoms with Gasteiger partial charge in [-0.05, 0) is 36.1 Å². The molecule has 0 radical (unpaired) electrons. The first kappa shape index (κ1) is 20.3. The maximum atomic E-state index is 12.4. The second-order valence-electron chi connectivity index (χ2n) is 6.00. The first-order valence-corrected chi connectivity index (χ1v) is 8.94. The molecule has 6 nitrogen and oxygen atoms in total. The van der Waals surface area contributed by atoms with Crippen molar-refractivity contribution in [2.45, 2.75) is 33.1 Å². The van der Waals surface area contributed by atoms with E-state index in [1.807, 2.05) is 32.0 Å². The fraction of sp³-hybridized carbons (Fsp3) is 0.333. The number of anilines is 2. The van der Waals surface area contributed by atoms with Crippen LogP contribution in [0.3, 0.4) is 0 Å². The maximum absolute atomic E-state index is 12.4. The molecule has 2 amide bonds. The minimum absolute atomic E-state index is 0.268. The van der Waals surface area contributed by atoms with Crippen molar-refractivity contribution < 1.29 is 19.1 Å². The lowest BCUT2D eigenvalue weighted by atomic mass is 10.0. The molecule has 2 rings (SSSR count). The van der Waals surface area contributed by atoms with E-state index in [0.29, 0.717) is 17.2 Å². The molecule has 0 unspecified atom stereocenters. The lowest BCUT2D eigenvalue weighted by Crippen LogP contribution is -2.22. The molecule has 2 N–H and O–H groups in total. The summed E-state index contributed by atoms with van der Waals surface area (Å²) in [7, 11) is 3.06. The highest BCUT2D eigenvalue weighted by molar-refractivity contribution is 6.08. The van der Waals surface area contributed by atoms with Gasteiger partial charge < -0.3 is 20.1 Å². The molecule has 27 heavy (non-hydrogen) atoms. The standard InChI is InChI=1S/C21H26N2O4/c1-5-14-8-7-9-15(6-2)21(14)23-20(25)13-19(24)22-16-10-11-17(26-3)18(12-16)27-4/h7-12H,5-6,13H2,1-4H3,(H,22,24)(H,23,25). The van der Waals surface area contributed by atoms with Crippen LogP contribution in [0.4, 0.5) is 11.4 Å². The van der Waals surface area contributed by atoms with Gasteiger partial charge in [0.1, 0.15) is 6.42 Å². The van der Waals surface area contributed by atoms with Crippen molar-refractivity contribution in [3.63, 3.8) is 0 Å². The van der Waals surface area contributed by atoms with E-state index >= 15 is 0 Å². The summed E-state index contributed by atoms with van der Waals surface area (Å²) in [6.07, 6.45) is 1.35. The van der Waals surface area contributed by atoms with E-state index in [1.54, 1.807) is 25.3 Å². The maximum Gasteiger partial charge on any atom is 0.233 e. The summed E-state index contributed by atoms with van der Waals surface area (Å²) in [5, 5.41) is 5.60. The summed E-state index contributed by atoms with van der Waals surface area (Å²) < 4.78 is 10.4. The predicted octanol–water partition coefficient (Wildman–Crippen LogP) is 3.80. The van der Waals surface area contributed by atoms with Crippen molar-refractivity contribution >= 4 is 23.2 Å². The van der Waals surface area contributed by atoms with Crippen LogP contribution >= 0.6 is 0 Å². The zero-order chi connectivity index (χ0) is 19.8. The molecule has 0 fully saturated rings. The molecule has 2 aromatic carbocycles. The number of benzene rings is 2. The molecule has 0 atom stereocenters. The lowest BCUT2D eigenvalue weighted by Gasteiger charge is -2.14. The van der Waals surface area contributed by atoms with Gasteiger partial charge in [-0.25, -0.2) is 0 Å². The number of nitrogens with one attached hydrogen (secondary N) is 2. The average molecular weight is 370 g/mol. The molecular weight excluding hydrogens is 344 g/mol. The van der Waals surface area contributed by atoms with Gasteiger partial charge in [0.25, 0.3) is 0 Å². The number of hydrogen-bond donors (Lipinski definition) is 2. The second kappa shape index (κ2) is 9.62. The molecule has 6 heteroatoms. The van der Waals surface area contributed by atoms with Crippen molar-refractivity contribution in [2.24, 2.45) is 0 Å². The molecule has 0 aliphatic carbocycles. The molecule has 0 aliphatic rings. The van der Waals surface area contributed by atoms with Crippen molar-refractivity contribution in [2.75, 3.05) is 24.9 Å². The Bertz CT molecular complexity index is 796. The number of para-hydroxylation sites is 1. The second-order valence-corrected chi connectivity index (χ2v) is 6.00. The summed E-state index contributed by atoms with van der Waals surface area (Å²) in [5.74, 6) is 0.330. The Labute approximate surface area is 159 Å². The normalized spacial score (nSPS) is 10.2. The van der Waals surface area contributed by atoms with Crippen molar-refractivity contribution in [1.82, 2.24) is 0 Å². The molecule has 0 bridgehead atoms. The van der Waals surface area contributed by atoms with E-state index in [-0.39, 0.29) is 12.3 Å². The van der Waals surface area contributed by atoms with Crippen LogP contribution in [0.15, 0.2) is 36.4 Å². The quantitative estimate of drug-likeness (QED) is 0.693. The fourth-order valence-electron chi connectivity index (χ4n) is 2.85. The number of hydrogen-bond acceptors (Lipinski definition) is 4. The van der Waals surface area contributed by atoms with E-state index in [2.05, 4.69) is 10.6 Å². The minimum Gasteiger partial charge on any atom is -0.493 e. The number of methoxy groups -OCH3 is 2. The fourth-order valence-corrected chi connectivity index (χ4v) is 2.85. The van der Waals surface area contributed by atoms with Gasteiger partial charge >= 0.3 is 0 Å². The van der Waals surface area contributed by atoms with E-state index in [9.17, 15) is 9.59 Å². The lowest BCUT2D eigenvalue weighted by molar-refractivity contribution is -0.123. The zero-order valence-corrected chi connectivity index (χ0v) is 16.2. The average Bonchev–Trinajstić information content (AvgIpc) is 2.67. The molecule has 0 saturated heterocycles. The van der Waals surface area contributed by atoms with Crippen LogP contribution in [-0.2, 0) is 22.4 Å². The van der Waals surface area contributed by atoms with E-state index in [0.717, 1.165) is 29.7 Å². The number of rotatable bonds is 8. The Balaban J connectivity index is 2.04. The van der Waals surface area contributed by atoms with Crippen LogP contribution in [0.25, 0.3) is 0 Å². The Morgan fingerprint density at radius 1 is 0.852 bits per heavy atom. The summed E-state index contributed by atoms with van der Waals surface area (Å²) in [6.45, 7) is 4.07. The van der Waals surface area contributed by atoms with Crippen LogP contribution in [0.5, 0.6) is 11.5 Å². The van der Waals surface area contributed by atoms with Crippen LogP contribution in [-0.4, -0.2) is 26.0 Å². The predicted molar refractivity (Wildman–Crippen MR) is 107 cm³/mol. The molecule has 0 aliphatic heterocycles. The summed E-state index contributed by atoms with van der Waals surface area (Å²) >= 11 is 0. The molecule has 0 aromatic heterocycles. The highest BCUT2D eigenvalue weighted by atomic mass is 16.5. The van der Waals surface area contributed by atoms with Crippen molar-refractivity contribution in [3.05, 3.63) is 47.5 Å².